The maximum Gasteiger partial charge on any atom is 0.322 e. The van der Waals surface area contributed by atoms with Gasteiger partial charge in [0.05, 0.1) is 32.6 Å². The van der Waals surface area contributed by atoms with E-state index in [1.165, 1.54) is 11.9 Å². The van der Waals surface area contributed by atoms with Gasteiger partial charge in [-0.15, -0.1) is 11.3 Å². The minimum Gasteiger partial charge on any atom is -0.497 e. The number of urea groups is 1. The van der Waals surface area contributed by atoms with Gasteiger partial charge in [0.25, 0.3) is 5.91 Å². The fraction of sp³-hybridized carbons (Fsp3) is 0.414. The van der Waals surface area contributed by atoms with Gasteiger partial charge in [-0.05, 0) is 72.5 Å². The van der Waals surface area contributed by atoms with Gasteiger partial charge in [0, 0.05) is 41.8 Å². The summed E-state index contributed by atoms with van der Waals surface area (Å²) in [7, 11) is 1.64. The zero-order chi connectivity index (χ0) is 28.2. The lowest BCUT2D eigenvalue weighted by Crippen LogP contribution is -2.48. The van der Waals surface area contributed by atoms with Crippen LogP contribution in [0.25, 0.3) is 0 Å². The minimum atomic E-state index is -0.288. The molecule has 0 spiro atoms. The smallest absolute Gasteiger partial charge is 0.322 e. The third kappa shape index (κ3) is 5.71. The molecule has 1 unspecified atom stereocenters. The van der Waals surface area contributed by atoms with E-state index >= 15 is 0 Å². The number of aliphatic hydroxyl groups excluding tert-OH is 1. The SMILES string of the molecule is C=C(/C=C(\N=C/N)N1CCC(N2CCc3cc(OC)ccc3NC2=O)CC1)C(=O)N1Cc2sccc2CC1CO. The average Bonchev–Trinajstić information content (AvgIpc) is 3.37. The molecule has 11 heteroatoms. The molecule has 1 fully saturated rings. The highest BCUT2D eigenvalue weighted by molar-refractivity contribution is 7.10. The Morgan fingerprint density at radius 1 is 1.27 bits per heavy atom. The van der Waals surface area contributed by atoms with Crippen molar-refractivity contribution in [1.29, 1.82) is 0 Å². The molecule has 3 aliphatic rings. The average molecular weight is 565 g/mol. The first kappa shape index (κ1) is 27.7. The zero-order valence-corrected chi connectivity index (χ0v) is 23.5. The highest BCUT2D eigenvalue weighted by Gasteiger charge is 2.33. The van der Waals surface area contributed by atoms with E-state index in [1.54, 1.807) is 29.4 Å². The summed E-state index contributed by atoms with van der Waals surface area (Å²) in [6, 6.07) is 7.48. The summed E-state index contributed by atoms with van der Waals surface area (Å²) < 4.78 is 5.35. The Morgan fingerprint density at radius 3 is 2.80 bits per heavy atom. The van der Waals surface area contributed by atoms with E-state index < -0.39 is 0 Å². The van der Waals surface area contributed by atoms with Crippen LogP contribution in [0.5, 0.6) is 5.75 Å². The second-order valence-electron chi connectivity index (χ2n) is 10.3. The van der Waals surface area contributed by atoms with E-state index in [0.29, 0.717) is 44.0 Å². The number of benzene rings is 1. The molecule has 4 N–H and O–H groups in total. The van der Waals surface area contributed by atoms with Crippen molar-refractivity contribution >= 4 is 35.3 Å². The maximum atomic E-state index is 13.4. The first-order valence-electron chi connectivity index (χ1n) is 13.5. The van der Waals surface area contributed by atoms with Gasteiger partial charge >= 0.3 is 6.03 Å². The number of aliphatic hydroxyl groups is 1. The van der Waals surface area contributed by atoms with Crippen LogP contribution in [0.1, 0.15) is 28.8 Å². The molecule has 0 bridgehead atoms. The van der Waals surface area contributed by atoms with Crippen LogP contribution in [0.4, 0.5) is 10.5 Å². The zero-order valence-electron chi connectivity index (χ0n) is 22.7. The number of thiophene rings is 1. The van der Waals surface area contributed by atoms with Crippen LogP contribution in [-0.2, 0) is 24.2 Å². The number of rotatable bonds is 7. The number of amides is 3. The molecule has 0 saturated carbocycles. The van der Waals surface area contributed by atoms with Gasteiger partial charge in [0.1, 0.15) is 11.6 Å². The van der Waals surface area contributed by atoms with Crippen molar-refractivity contribution in [2.75, 3.05) is 38.7 Å². The third-order valence-corrected chi connectivity index (χ3v) is 8.92. The van der Waals surface area contributed by atoms with E-state index in [2.05, 4.69) is 27.9 Å². The molecular formula is C29H36N6O4S. The van der Waals surface area contributed by atoms with E-state index in [0.717, 1.165) is 41.1 Å². The Labute approximate surface area is 238 Å². The molecule has 1 aromatic heterocycles. The number of piperidine rings is 1. The molecule has 0 radical (unpaired) electrons. The number of hydrogen-bond acceptors (Lipinski definition) is 7. The molecule has 3 aliphatic heterocycles. The molecule has 4 heterocycles. The normalized spacial score (nSPS) is 20.1. The molecule has 1 atom stereocenters. The Bertz CT molecular complexity index is 1330. The highest BCUT2D eigenvalue weighted by atomic mass is 32.1. The van der Waals surface area contributed by atoms with E-state index in [9.17, 15) is 14.7 Å². The molecular weight excluding hydrogens is 528 g/mol. The number of anilines is 1. The predicted molar refractivity (Wildman–Crippen MR) is 156 cm³/mol. The summed E-state index contributed by atoms with van der Waals surface area (Å²) in [5.41, 5.74) is 9.04. The first-order chi connectivity index (χ1) is 19.4. The van der Waals surface area contributed by atoms with Crippen molar-refractivity contribution in [1.82, 2.24) is 14.7 Å². The van der Waals surface area contributed by atoms with Crippen molar-refractivity contribution < 1.29 is 19.4 Å². The number of methoxy groups -OCH3 is 1. The lowest BCUT2D eigenvalue weighted by atomic mass is 9.99. The predicted octanol–water partition coefficient (Wildman–Crippen LogP) is 2.94. The van der Waals surface area contributed by atoms with Gasteiger partial charge in [-0.3, -0.25) is 4.79 Å². The molecule has 1 saturated heterocycles. The number of likely N-dealkylation sites (tertiary alicyclic amines) is 1. The van der Waals surface area contributed by atoms with Crippen molar-refractivity contribution in [2.24, 2.45) is 10.7 Å². The Balaban J connectivity index is 1.23. The van der Waals surface area contributed by atoms with Crippen LogP contribution in [-0.4, -0.2) is 83.5 Å². The Hall–Kier alpha value is -3.83. The van der Waals surface area contributed by atoms with Crippen LogP contribution in [0, 0.1) is 0 Å². The standard InChI is InChI=1S/C29H36N6O4S/c1-19(28(37)35-16-26-21(8-12-40-26)14-23(35)17-36)13-27(31-18-30)33-9-6-22(7-10-33)34-11-5-20-15-24(39-2)3-4-25(20)32-29(34)38/h3-4,8,12-13,15,18,22-23,36H,1,5-7,9-11,14,16-17H2,2H3,(H2,30,31)(H,32,38)/b27-13+. The molecule has 3 amide bonds. The number of ether oxygens (including phenoxy) is 1. The van der Waals surface area contributed by atoms with Gasteiger partial charge in [-0.2, -0.15) is 0 Å². The quantitative estimate of drug-likeness (QED) is 0.206. The topological polar surface area (TPSA) is 124 Å². The van der Waals surface area contributed by atoms with Gasteiger partial charge in [-0.1, -0.05) is 6.58 Å². The van der Waals surface area contributed by atoms with E-state index in [4.69, 9.17) is 10.5 Å². The number of fused-ring (bicyclic) bond motifs is 2. The fourth-order valence-corrected chi connectivity index (χ4v) is 6.65. The monoisotopic (exact) mass is 564 g/mol. The molecule has 1 aromatic carbocycles. The second kappa shape index (κ2) is 12.1. The Kier molecular flexibility index (Phi) is 8.41. The van der Waals surface area contributed by atoms with Crippen molar-refractivity contribution in [3.8, 4) is 5.75 Å². The molecule has 40 heavy (non-hydrogen) atoms. The molecule has 5 rings (SSSR count). The lowest BCUT2D eigenvalue weighted by molar-refractivity contribution is -0.131. The number of nitrogens with one attached hydrogen (secondary N) is 1. The number of nitrogens with two attached hydrogens (primary N) is 1. The molecule has 0 aliphatic carbocycles. The maximum absolute atomic E-state index is 13.4. The summed E-state index contributed by atoms with van der Waals surface area (Å²) in [6.07, 6.45) is 5.78. The van der Waals surface area contributed by atoms with Gasteiger partial charge in [0.2, 0.25) is 0 Å². The van der Waals surface area contributed by atoms with Crippen molar-refractivity contribution in [3.63, 3.8) is 0 Å². The largest absolute Gasteiger partial charge is 0.497 e. The second-order valence-corrected chi connectivity index (χ2v) is 11.3. The van der Waals surface area contributed by atoms with Crippen LogP contribution >= 0.6 is 11.3 Å². The summed E-state index contributed by atoms with van der Waals surface area (Å²) in [5, 5.41) is 15.0. The lowest BCUT2D eigenvalue weighted by Gasteiger charge is -2.39. The summed E-state index contributed by atoms with van der Waals surface area (Å²) >= 11 is 1.62. The van der Waals surface area contributed by atoms with E-state index in [-0.39, 0.29) is 30.6 Å². The first-order valence-corrected chi connectivity index (χ1v) is 14.4. The fourth-order valence-electron chi connectivity index (χ4n) is 5.74. The van der Waals surface area contributed by atoms with Gasteiger partial charge < -0.3 is 35.6 Å². The number of carbonyl (C=O) groups excluding carboxylic acids is 2. The van der Waals surface area contributed by atoms with Crippen LogP contribution in [0.3, 0.4) is 0 Å². The Morgan fingerprint density at radius 2 is 2.08 bits per heavy atom. The summed E-state index contributed by atoms with van der Waals surface area (Å²) in [6.45, 7) is 6.32. The van der Waals surface area contributed by atoms with Gasteiger partial charge in [-0.25, -0.2) is 9.79 Å². The number of nitrogens with zero attached hydrogens (tertiary/aromatic N) is 4. The highest BCUT2D eigenvalue weighted by Crippen LogP contribution is 2.30. The summed E-state index contributed by atoms with van der Waals surface area (Å²) in [5.74, 6) is 1.11. The van der Waals surface area contributed by atoms with Crippen molar-refractivity contribution in [2.45, 2.75) is 44.3 Å². The number of carbonyl (C=O) groups is 2. The summed E-state index contributed by atoms with van der Waals surface area (Å²) in [4.78, 5) is 37.7. The van der Waals surface area contributed by atoms with Crippen LogP contribution in [0.2, 0.25) is 0 Å². The van der Waals surface area contributed by atoms with Crippen LogP contribution < -0.4 is 15.8 Å². The van der Waals surface area contributed by atoms with E-state index in [1.807, 2.05) is 28.5 Å². The van der Waals surface area contributed by atoms with Crippen molar-refractivity contribution in [3.05, 3.63) is 69.7 Å². The third-order valence-electron chi connectivity index (χ3n) is 7.97. The minimum absolute atomic E-state index is 0.0825. The molecule has 10 nitrogen and oxygen atoms in total. The molecule has 212 valence electrons. The van der Waals surface area contributed by atoms with Crippen LogP contribution in [0.15, 0.2) is 58.7 Å². The van der Waals surface area contributed by atoms with Gasteiger partial charge in [0.15, 0.2) is 0 Å². The number of hydrogen-bond donors (Lipinski definition) is 3. The number of aliphatic imine (C=N–C) groups is 1. The molecule has 2 aromatic rings.